The van der Waals surface area contributed by atoms with Crippen molar-refractivity contribution >= 4 is 49.7 Å². The number of benzene rings is 1. The SMILES string of the molecule is CC(=O)Nc1nnc(S(=O)(=O)N2CC(=O)Nc3ccccc32)s1. The second kappa shape index (κ2) is 5.59. The molecule has 9 nitrogen and oxygen atoms in total. The Hall–Kier alpha value is -2.53. The summed E-state index contributed by atoms with van der Waals surface area (Å²) in [5.41, 5.74) is 0.752. The van der Waals surface area contributed by atoms with Gasteiger partial charge in [-0.15, -0.1) is 10.2 Å². The van der Waals surface area contributed by atoms with Gasteiger partial charge in [0.1, 0.15) is 6.54 Å². The van der Waals surface area contributed by atoms with Crippen LogP contribution in [0.5, 0.6) is 0 Å². The molecule has 0 radical (unpaired) electrons. The molecule has 1 aliphatic rings. The van der Waals surface area contributed by atoms with Crippen molar-refractivity contribution in [3.05, 3.63) is 24.3 Å². The van der Waals surface area contributed by atoms with Crippen LogP contribution in [0.25, 0.3) is 0 Å². The largest absolute Gasteiger partial charge is 0.323 e. The molecule has 0 atom stereocenters. The van der Waals surface area contributed by atoms with E-state index in [1.165, 1.54) is 6.92 Å². The zero-order chi connectivity index (χ0) is 16.6. The van der Waals surface area contributed by atoms with Crippen LogP contribution in [0.4, 0.5) is 16.5 Å². The highest BCUT2D eigenvalue weighted by atomic mass is 32.2. The number of sulfonamides is 1. The third-order valence-corrected chi connectivity index (χ3v) is 5.88. The topological polar surface area (TPSA) is 121 Å². The lowest BCUT2D eigenvalue weighted by molar-refractivity contribution is -0.115. The van der Waals surface area contributed by atoms with E-state index in [2.05, 4.69) is 20.8 Å². The molecule has 120 valence electrons. The van der Waals surface area contributed by atoms with Crippen LogP contribution in [-0.4, -0.2) is 37.0 Å². The van der Waals surface area contributed by atoms with Crippen molar-refractivity contribution in [2.75, 3.05) is 21.5 Å². The molecule has 1 aromatic heterocycles. The molecule has 2 N–H and O–H groups in total. The van der Waals surface area contributed by atoms with Gasteiger partial charge in [-0.05, 0) is 12.1 Å². The Morgan fingerprint density at radius 1 is 1.35 bits per heavy atom. The summed E-state index contributed by atoms with van der Waals surface area (Å²) in [7, 11) is -4.06. The molecule has 0 saturated carbocycles. The van der Waals surface area contributed by atoms with Gasteiger partial charge in [-0.3, -0.25) is 13.9 Å². The summed E-state index contributed by atoms with van der Waals surface area (Å²) < 4.78 is 26.1. The van der Waals surface area contributed by atoms with Crippen LogP contribution >= 0.6 is 11.3 Å². The van der Waals surface area contributed by atoms with E-state index < -0.39 is 15.9 Å². The molecule has 2 aromatic rings. The number of nitrogens with one attached hydrogen (secondary N) is 2. The van der Waals surface area contributed by atoms with Gasteiger partial charge < -0.3 is 10.6 Å². The molecule has 11 heteroatoms. The second-order valence-corrected chi connectivity index (χ2v) is 7.64. The van der Waals surface area contributed by atoms with Crippen molar-refractivity contribution in [2.45, 2.75) is 11.3 Å². The lowest BCUT2D eigenvalue weighted by Crippen LogP contribution is -2.42. The lowest BCUT2D eigenvalue weighted by atomic mass is 10.2. The van der Waals surface area contributed by atoms with E-state index in [1.54, 1.807) is 24.3 Å². The molecule has 0 spiro atoms. The van der Waals surface area contributed by atoms with Gasteiger partial charge in [0.2, 0.25) is 16.9 Å². The zero-order valence-corrected chi connectivity index (χ0v) is 13.4. The maximum Gasteiger partial charge on any atom is 0.294 e. The normalized spacial score (nSPS) is 14.1. The summed E-state index contributed by atoms with van der Waals surface area (Å²) in [6.45, 7) is 0.926. The third kappa shape index (κ3) is 2.87. The summed E-state index contributed by atoms with van der Waals surface area (Å²) in [4.78, 5) is 22.8. The Bertz CT molecular complexity index is 892. The molecule has 0 saturated heterocycles. The first kappa shape index (κ1) is 15.4. The number of amides is 2. The van der Waals surface area contributed by atoms with Gasteiger partial charge in [0.15, 0.2) is 0 Å². The lowest BCUT2D eigenvalue weighted by Gasteiger charge is -2.28. The molecule has 2 heterocycles. The maximum atomic E-state index is 12.7. The van der Waals surface area contributed by atoms with Crippen LogP contribution < -0.4 is 14.9 Å². The summed E-state index contributed by atoms with van der Waals surface area (Å²) in [6.07, 6.45) is 0. The highest BCUT2D eigenvalue weighted by Crippen LogP contribution is 2.34. The standard InChI is InChI=1S/C12H11N5O4S2/c1-7(18)13-11-15-16-12(22-11)23(20,21)17-6-10(19)14-8-4-2-3-5-9(8)17/h2-5H,6H2,1H3,(H,14,19)(H,13,15,18). The zero-order valence-electron chi connectivity index (χ0n) is 11.8. The maximum absolute atomic E-state index is 12.7. The van der Waals surface area contributed by atoms with Crippen LogP contribution in [0.1, 0.15) is 6.92 Å². The van der Waals surface area contributed by atoms with Crippen molar-refractivity contribution in [1.82, 2.24) is 10.2 Å². The predicted octanol–water partition coefficient (Wildman–Crippen LogP) is 0.644. The van der Waals surface area contributed by atoms with Crippen LogP contribution in [0.15, 0.2) is 28.6 Å². The van der Waals surface area contributed by atoms with E-state index >= 15 is 0 Å². The minimum Gasteiger partial charge on any atom is -0.323 e. The smallest absolute Gasteiger partial charge is 0.294 e. The van der Waals surface area contributed by atoms with E-state index in [-0.39, 0.29) is 21.9 Å². The van der Waals surface area contributed by atoms with E-state index in [1.807, 2.05) is 0 Å². The van der Waals surface area contributed by atoms with Crippen molar-refractivity contribution in [3.63, 3.8) is 0 Å². The van der Waals surface area contributed by atoms with Crippen molar-refractivity contribution in [1.29, 1.82) is 0 Å². The Labute approximate surface area is 135 Å². The first-order valence-electron chi connectivity index (χ1n) is 6.40. The Morgan fingerprint density at radius 2 is 2.09 bits per heavy atom. The highest BCUT2D eigenvalue weighted by Gasteiger charge is 2.34. The molecule has 2 amide bonds. The van der Waals surface area contributed by atoms with Gasteiger partial charge in [-0.25, -0.2) is 0 Å². The Morgan fingerprint density at radius 3 is 2.83 bits per heavy atom. The van der Waals surface area contributed by atoms with Gasteiger partial charge in [-0.2, -0.15) is 8.42 Å². The predicted molar refractivity (Wildman–Crippen MR) is 83.8 cm³/mol. The van der Waals surface area contributed by atoms with E-state index in [0.29, 0.717) is 11.4 Å². The Kier molecular flexibility index (Phi) is 3.74. The average Bonchev–Trinajstić information content (AvgIpc) is 2.94. The number of aromatic nitrogens is 2. The Balaban J connectivity index is 2.01. The molecule has 0 bridgehead atoms. The summed E-state index contributed by atoms with van der Waals surface area (Å²) in [5, 5.41) is 12.3. The van der Waals surface area contributed by atoms with Gasteiger partial charge in [0.25, 0.3) is 14.4 Å². The molecule has 0 unspecified atom stereocenters. The van der Waals surface area contributed by atoms with E-state index in [0.717, 1.165) is 15.6 Å². The third-order valence-electron chi connectivity index (χ3n) is 2.93. The van der Waals surface area contributed by atoms with E-state index in [4.69, 9.17) is 0 Å². The number of para-hydroxylation sites is 2. The fraction of sp³-hybridized carbons (Fsp3) is 0.167. The molecule has 1 aliphatic heterocycles. The molecule has 0 aliphatic carbocycles. The van der Waals surface area contributed by atoms with Crippen molar-refractivity contribution in [3.8, 4) is 0 Å². The quantitative estimate of drug-likeness (QED) is 0.781. The fourth-order valence-corrected chi connectivity index (χ4v) is 4.52. The van der Waals surface area contributed by atoms with Crippen LogP contribution in [0.3, 0.4) is 0 Å². The summed E-state index contributed by atoms with van der Waals surface area (Å²) in [5.74, 6) is -0.827. The van der Waals surface area contributed by atoms with Crippen molar-refractivity contribution < 1.29 is 18.0 Å². The van der Waals surface area contributed by atoms with Crippen LogP contribution in [0, 0.1) is 0 Å². The van der Waals surface area contributed by atoms with Crippen molar-refractivity contribution in [2.24, 2.45) is 0 Å². The summed E-state index contributed by atoms with van der Waals surface area (Å²) in [6, 6.07) is 6.55. The van der Waals surface area contributed by atoms with Crippen LogP contribution in [-0.2, 0) is 19.6 Å². The first-order chi connectivity index (χ1) is 10.9. The average molecular weight is 353 g/mol. The number of hydrogen-bond acceptors (Lipinski definition) is 7. The minimum atomic E-state index is -4.06. The van der Waals surface area contributed by atoms with Gasteiger partial charge in [0.05, 0.1) is 11.4 Å². The molecule has 23 heavy (non-hydrogen) atoms. The van der Waals surface area contributed by atoms with Gasteiger partial charge >= 0.3 is 0 Å². The first-order valence-corrected chi connectivity index (χ1v) is 8.66. The molecular formula is C12H11N5O4S2. The molecule has 0 fully saturated rings. The summed E-state index contributed by atoms with van der Waals surface area (Å²) >= 11 is 0.722. The van der Waals surface area contributed by atoms with Crippen LogP contribution in [0.2, 0.25) is 0 Å². The number of carbonyl (C=O) groups excluding carboxylic acids is 2. The van der Waals surface area contributed by atoms with Gasteiger partial charge in [0, 0.05) is 6.92 Å². The number of carbonyl (C=O) groups is 2. The number of rotatable bonds is 3. The minimum absolute atomic E-state index is 0.0748. The van der Waals surface area contributed by atoms with Gasteiger partial charge in [-0.1, -0.05) is 23.5 Å². The monoisotopic (exact) mass is 353 g/mol. The molecule has 3 rings (SSSR count). The van der Waals surface area contributed by atoms with E-state index in [9.17, 15) is 18.0 Å². The number of anilines is 3. The number of hydrogen-bond donors (Lipinski definition) is 2. The number of nitrogens with zero attached hydrogens (tertiary/aromatic N) is 3. The molecule has 1 aromatic carbocycles. The second-order valence-electron chi connectivity index (χ2n) is 4.63. The fourth-order valence-electron chi connectivity index (χ4n) is 2.03. The number of fused-ring (bicyclic) bond motifs is 1. The molecular weight excluding hydrogens is 342 g/mol. The highest BCUT2D eigenvalue weighted by molar-refractivity contribution is 7.94.